The van der Waals surface area contributed by atoms with Crippen LogP contribution < -0.4 is 18.9 Å². The van der Waals surface area contributed by atoms with Gasteiger partial charge in [-0.3, -0.25) is 4.79 Å². The summed E-state index contributed by atoms with van der Waals surface area (Å²) in [6, 6.07) is 18.7. The highest BCUT2D eigenvalue weighted by atomic mass is 16.5. The molecule has 0 aliphatic heterocycles. The molecule has 0 bridgehead atoms. The number of benzene rings is 3. The average molecular weight is 392 g/mol. The molecule has 0 saturated carbocycles. The van der Waals surface area contributed by atoms with E-state index in [1.165, 1.54) is 0 Å². The summed E-state index contributed by atoms with van der Waals surface area (Å²) >= 11 is 0. The van der Waals surface area contributed by atoms with Crippen molar-refractivity contribution in [1.29, 1.82) is 0 Å². The van der Waals surface area contributed by atoms with E-state index in [1.807, 2.05) is 60.7 Å². The fourth-order valence-electron chi connectivity index (χ4n) is 3.25. The van der Waals surface area contributed by atoms with Gasteiger partial charge in [0.15, 0.2) is 28.8 Å². The second-order valence-corrected chi connectivity index (χ2v) is 6.40. The summed E-state index contributed by atoms with van der Waals surface area (Å²) in [7, 11) is 6.35. The van der Waals surface area contributed by atoms with E-state index in [2.05, 4.69) is 0 Å². The van der Waals surface area contributed by atoms with Gasteiger partial charge in [-0.15, -0.1) is 0 Å². The minimum Gasteiger partial charge on any atom is -0.493 e. The van der Waals surface area contributed by atoms with Crippen LogP contribution >= 0.6 is 0 Å². The van der Waals surface area contributed by atoms with E-state index in [0.717, 1.165) is 16.7 Å². The Labute approximate surface area is 170 Å². The largest absolute Gasteiger partial charge is 0.493 e. The molecule has 0 fully saturated rings. The summed E-state index contributed by atoms with van der Waals surface area (Å²) in [5.74, 6) is 2.51. The van der Waals surface area contributed by atoms with Crippen LogP contribution in [0.4, 0.5) is 0 Å². The summed E-state index contributed by atoms with van der Waals surface area (Å²) < 4.78 is 21.3. The van der Waals surface area contributed by atoms with Crippen LogP contribution in [0.25, 0.3) is 11.1 Å². The van der Waals surface area contributed by atoms with Crippen LogP contribution in [0.3, 0.4) is 0 Å². The molecule has 0 unspecified atom stereocenters. The molecule has 0 aliphatic rings. The molecular formula is C24H24O5. The maximum atomic E-state index is 13.1. The SMILES string of the molecule is COc1ccc(CC(=O)c2ccccc2-c2ccc(OC)c(OC)c2)cc1OC. The molecule has 150 valence electrons. The van der Waals surface area contributed by atoms with Gasteiger partial charge in [-0.25, -0.2) is 0 Å². The first-order chi connectivity index (χ1) is 14.1. The van der Waals surface area contributed by atoms with Crippen LogP contribution in [0.1, 0.15) is 15.9 Å². The Morgan fingerprint density at radius 1 is 0.690 bits per heavy atom. The molecule has 0 radical (unpaired) electrons. The van der Waals surface area contributed by atoms with Crippen molar-refractivity contribution < 1.29 is 23.7 Å². The van der Waals surface area contributed by atoms with Crippen molar-refractivity contribution in [1.82, 2.24) is 0 Å². The summed E-state index contributed by atoms with van der Waals surface area (Å²) in [6.07, 6.45) is 0.255. The van der Waals surface area contributed by atoms with E-state index in [0.29, 0.717) is 28.6 Å². The lowest BCUT2D eigenvalue weighted by Crippen LogP contribution is -2.06. The molecule has 0 aliphatic carbocycles. The van der Waals surface area contributed by atoms with E-state index >= 15 is 0 Å². The summed E-state index contributed by atoms with van der Waals surface area (Å²) in [6.45, 7) is 0. The Morgan fingerprint density at radius 2 is 1.28 bits per heavy atom. The fraction of sp³-hybridized carbons (Fsp3) is 0.208. The highest BCUT2D eigenvalue weighted by Crippen LogP contribution is 2.34. The topological polar surface area (TPSA) is 54.0 Å². The monoisotopic (exact) mass is 392 g/mol. The number of rotatable bonds is 8. The quantitative estimate of drug-likeness (QED) is 0.515. The van der Waals surface area contributed by atoms with Crippen LogP contribution in [0, 0.1) is 0 Å². The molecule has 0 amide bonds. The van der Waals surface area contributed by atoms with Gasteiger partial charge in [-0.2, -0.15) is 0 Å². The lowest BCUT2D eigenvalue weighted by molar-refractivity contribution is 0.0993. The Bertz CT molecular complexity index is 1010. The van der Waals surface area contributed by atoms with E-state index in [-0.39, 0.29) is 12.2 Å². The third kappa shape index (κ3) is 4.35. The lowest BCUT2D eigenvalue weighted by Gasteiger charge is -2.13. The van der Waals surface area contributed by atoms with Gasteiger partial charge in [0.1, 0.15) is 0 Å². The van der Waals surface area contributed by atoms with E-state index < -0.39 is 0 Å². The third-order valence-electron chi connectivity index (χ3n) is 4.73. The Hall–Kier alpha value is -3.47. The molecule has 0 aromatic heterocycles. The molecule has 0 saturated heterocycles. The van der Waals surface area contributed by atoms with Crippen molar-refractivity contribution in [3.05, 3.63) is 71.8 Å². The predicted molar refractivity (Wildman–Crippen MR) is 113 cm³/mol. The van der Waals surface area contributed by atoms with Crippen LogP contribution in [-0.2, 0) is 6.42 Å². The third-order valence-corrected chi connectivity index (χ3v) is 4.73. The second-order valence-electron chi connectivity index (χ2n) is 6.40. The molecule has 5 heteroatoms. The fourth-order valence-corrected chi connectivity index (χ4v) is 3.25. The Morgan fingerprint density at radius 3 is 1.93 bits per heavy atom. The van der Waals surface area contributed by atoms with E-state index in [9.17, 15) is 4.79 Å². The minimum absolute atomic E-state index is 0.0163. The van der Waals surface area contributed by atoms with Crippen molar-refractivity contribution >= 4 is 5.78 Å². The van der Waals surface area contributed by atoms with Gasteiger partial charge < -0.3 is 18.9 Å². The zero-order valence-corrected chi connectivity index (χ0v) is 17.0. The number of ketones is 1. The molecule has 0 spiro atoms. The molecule has 3 aromatic carbocycles. The maximum Gasteiger partial charge on any atom is 0.167 e. The lowest BCUT2D eigenvalue weighted by atomic mass is 9.94. The van der Waals surface area contributed by atoms with Crippen LogP contribution in [0.2, 0.25) is 0 Å². The van der Waals surface area contributed by atoms with Gasteiger partial charge in [0.05, 0.1) is 28.4 Å². The highest BCUT2D eigenvalue weighted by molar-refractivity contribution is 6.03. The highest BCUT2D eigenvalue weighted by Gasteiger charge is 2.16. The van der Waals surface area contributed by atoms with Gasteiger partial charge >= 0.3 is 0 Å². The van der Waals surface area contributed by atoms with Crippen molar-refractivity contribution in [2.75, 3.05) is 28.4 Å². The maximum absolute atomic E-state index is 13.1. The van der Waals surface area contributed by atoms with E-state index in [4.69, 9.17) is 18.9 Å². The van der Waals surface area contributed by atoms with Gasteiger partial charge in [0, 0.05) is 12.0 Å². The molecular weight excluding hydrogens is 368 g/mol. The number of carbonyl (C=O) groups is 1. The molecule has 0 heterocycles. The van der Waals surface area contributed by atoms with E-state index in [1.54, 1.807) is 28.4 Å². The molecule has 5 nitrogen and oxygen atoms in total. The van der Waals surface area contributed by atoms with Crippen molar-refractivity contribution in [3.8, 4) is 34.1 Å². The van der Waals surface area contributed by atoms with Gasteiger partial charge in [0.25, 0.3) is 0 Å². The zero-order chi connectivity index (χ0) is 20.8. The number of hydrogen-bond acceptors (Lipinski definition) is 5. The van der Waals surface area contributed by atoms with Crippen molar-refractivity contribution in [2.24, 2.45) is 0 Å². The van der Waals surface area contributed by atoms with Crippen molar-refractivity contribution in [3.63, 3.8) is 0 Å². The first-order valence-electron chi connectivity index (χ1n) is 9.16. The molecule has 0 atom stereocenters. The second kappa shape index (κ2) is 9.15. The normalized spacial score (nSPS) is 10.3. The van der Waals surface area contributed by atoms with Crippen LogP contribution in [0.5, 0.6) is 23.0 Å². The Balaban J connectivity index is 1.94. The van der Waals surface area contributed by atoms with Gasteiger partial charge in [-0.05, 0) is 41.0 Å². The minimum atomic E-state index is 0.0163. The first kappa shape index (κ1) is 20.3. The molecule has 3 aromatic rings. The number of ether oxygens (including phenoxy) is 4. The number of methoxy groups -OCH3 is 4. The number of hydrogen-bond donors (Lipinski definition) is 0. The predicted octanol–water partition coefficient (Wildman–Crippen LogP) is 4.81. The van der Waals surface area contributed by atoms with Crippen LogP contribution in [-0.4, -0.2) is 34.2 Å². The number of Topliss-reactive ketones (excluding diaryl/α,β-unsaturated/α-hetero) is 1. The standard InChI is InChI=1S/C24H24O5/c1-26-21-11-9-16(14-23(21)28-3)13-20(25)19-8-6-5-7-18(19)17-10-12-22(27-2)24(15-17)29-4/h5-12,14-15H,13H2,1-4H3. The number of carbonyl (C=O) groups excluding carboxylic acids is 1. The zero-order valence-electron chi connectivity index (χ0n) is 17.0. The summed E-state index contributed by atoms with van der Waals surface area (Å²) in [5.41, 5.74) is 3.24. The molecule has 3 rings (SSSR count). The van der Waals surface area contributed by atoms with Crippen LogP contribution in [0.15, 0.2) is 60.7 Å². The summed E-state index contributed by atoms with van der Waals surface area (Å²) in [5, 5.41) is 0. The van der Waals surface area contributed by atoms with Gasteiger partial charge in [-0.1, -0.05) is 36.4 Å². The smallest absolute Gasteiger partial charge is 0.167 e. The first-order valence-corrected chi connectivity index (χ1v) is 9.16. The Kier molecular flexibility index (Phi) is 6.39. The van der Waals surface area contributed by atoms with Crippen molar-refractivity contribution in [2.45, 2.75) is 6.42 Å². The molecule has 0 N–H and O–H groups in total. The summed E-state index contributed by atoms with van der Waals surface area (Å²) in [4.78, 5) is 13.1. The van der Waals surface area contributed by atoms with Gasteiger partial charge in [0.2, 0.25) is 0 Å². The molecule has 29 heavy (non-hydrogen) atoms. The average Bonchev–Trinajstić information content (AvgIpc) is 2.78.